The van der Waals surface area contributed by atoms with E-state index in [1.165, 1.54) is 12.1 Å². The summed E-state index contributed by atoms with van der Waals surface area (Å²) >= 11 is 0. The van der Waals surface area contributed by atoms with E-state index in [1.807, 2.05) is 0 Å². The van der Waals surface area contributed by atoms with Gasteiger partial charge in [-0.15, -0.1) is 0 Å². The minimum atomic E-state index is -0.948. The summed E-state index contributed by atoms with van der Waals surface area (Å²) in [5.41, 5.74) is 0.0864. The molecule has 1 aliphatic carbocycles. The normalized spacial score (nSPS) is 14.9. The third kappa shape index (κ3) is 3.33. The second-order valence-corrected chi connectivity index (χ2v) is 5.14. The van der Waals surface area contributed by atoms with Gasteiger partial charge in [-0.1, -0.05) is 12.1 Å². The van der Waals surface area contributed by atoms with E-state index in [9.17, 15) is 13.6 Å². The third-order valence-corrected chi connectivity index (χ3v) is 3.77. The van der Waals surface area contributed by atoms with Crippen LogP contribution in [0.5, 0.6) is 0 Å². The van der Waals surface area contributed by atoms with E-state index >= 15 is 0 Å². The van der Waals surface area contributed by atoms with Crippen LogP contribution in [0.15, 0.2) is 18.2 Å². The van der Waals surface area contributed by atoms with Gasteiger partial charge in [0.2, 0.25) is 5.91 Å². The Morgan fingerprint density at radius 2 is 2.10 bits per heavy atom. The first-order valence-electron chi connectivity index (χ1n) is 6.96. The molecule has 2 rings (SSSR count). The minimum absolute atomic E-state index is 0.0187. The van der Waals surface area contributed by atoms with Crippen LogP contribution in [0, 0.1) is 11.6 Å². The zero-order valence-corrected chi connectivity index (χ0v) is 11.3. The van der Waals surface area contributed by atoms with Gasteiger partial charge in [-0.05, 0) is 31.7 Å². The number of nitrogens with zero attached hydrogens (tertiary/aromatic N) is 1. The Morgan fingerprint density at radius 3 is 2.70 bits per heavy atom. The Bertz CT molecular complexity index is 475. The number of aliphatic hydroxyl groups excluding tert-OH is 1. The van der Waals surface area contributed by atoms with Crippen molar-refractivity contribution >= 4 is 5.91 Å². The highest BCUT2D eigenvalue weighted by molar-refractivity contribution is 5.79. The van der Waals surface area contributed by atoms with Crippen LogP contribution in [0.3, 0.4) is 0 Å². The fourth-order valence-corrected chi connectivity index (χ4v) is 2.40. The molecule has 0 saturated heterocycles. The van der Waals surface area contributed by atoms with E-state index in [0.717, 1.165) is 25.3 Å². The summed E-state index contributed by atoms with van der Waals surface area (Å²) < 4.78 is 26.7. The van der Waals surface area contributed by atoms with Crippen molar-refractivity contribution < 1.29 is 18.7 Å². The number of hydrogen-bond donors (Lipinski definition) is 1. The highest BCUT2D eigenvalue weighted by atomic mass is 19.2. The second-order valence-electron chi connectivity index (χ2n) is 5.14. The van der Waals surface area contributed by atoms with Crippen LogP contribution in [0.2, 0.25) is 0 Å². The number of halogens is 2. The zero-order valence-electron chi connectivity index (χ0n) is 11.3. The lowest BCUT2D eigenvalue weighted by molar-refractivity contribution is -0.134. The highest BCUT2D eigenvalue weighted by Gasteiger charge is 2.28. The maximum absolute atomic E-state index is 13.6. The van der Waals surface area contributed by atoms with Crippen LogP contribution >= 0.6 is 0 Å². The molecule has 1 N–H and O–H groups in total. The molecule has 1 saturated carbocycles. The second kappa shape index (κ2) is 6.79. The molecule has 0 heterocycles. The molecule has 3 nitrogen and oxygen atoms in total. The van der Waals surface area contributed by atoms with Crippen LogP contribution in [0.1, 0.15) is 31.2 Å². The molecule has 0 aliphatic heterocycles. The average Bonchev–Trinajstić information content (AvgIpc) is 2.37. The van der Waals surface area contributed by atoms with Gasteiger partial charge in [-0.25, -0.2) is 8.78 Å². The van der Waals surface area contributed by atoms with E-state index in [2.05, 4.69) is 0 Å². The third-order valence-electron chi connectivity index (χ3n) is 3.77. The topological polar surface area (TPSA) is 40.5 Å². The molecule has 1 aliphatic rings. The summed E-state index contributed by atoms with van der Waals surface area (Å²) in [7, 11) is 0. The lowest BCUT2D eigenvalue weighted by Gasteiger charge is -2.37. The Morgan fingerprint density at radius 1 is 1.35 bits per heavy atom. The van der Waals surface area contributed by atoms with Crippen molar-refractivity contribution in [3.63, 3.8) is 0 Å². The molecular formula is C15H19F2NO2. The monoisotopic (exact) mass is 283 g/mol. The first kappa shape index (κ1) is 14.9. The van der Waals surface area contributed by atoms with Crippen molar-refractivity contribution in [2.24, 2.45) is 0 Å². The number of carbonyl (C=O) groups excluding carboxylic acids is 1. The first-order chi connectivity index (χ1) is 9.63. The Kier molecular flexibility index (Phi) is 5.06. The molecule has 1 fully saturated rings. The van der Waals surface area contributed by atoms with Gasteiger partial charge in [-0.2, -0.15) is 0 Å². The van der Waals surface area contributed by atoms with Crippen molar-refractivity contribution in [1.29, 1.82) is 0 Å². The molecule has 0 aromatic heterocycles. The van der Waals surface area contributed by atoms with Crippen LogP contribution in [0.25, 0.3) is 0 Å². The molecule has 0 bridgehead atoms. The summed E-state index contributed by atoms with van der Waals surface area (Å²) in [6, 6.07) is 4.06. The standard InChI is InChI=1S/C15H19F2NO2/c16-13-7-1-4-11(15(13)17)10-14(20)18(8-3-9-19)12-5-2-6-12/h1,4,7,12,19H,2-3,5-6,8-10H2. The van der Waals surface area contributed by atoms with Crippen LogP contribution in [0.4, 0.5) is 8.78 Å². The molecular weight excluding hydrogens is 264 g/mol. The number of aliphatic hydroxyl groups is 1. The van der Waals surface area contributed by atoms with Crippen molar-refractivity contribution in [2.45, 2.75) is 38.1 Å². The predicted molar refractivity (Wildman–Crippen MR) is 71.1 cm³/mol. The Hall–Kier alpha value is -1.49. The molecule has 0 spiro atoms. The van der Waals surface area contributed by atoms with Gasteiger partial charge in [-0.3, -0.25) is 4.79 Å². The van der Waals surface area contributed by atoms with Crippen LogP contribution < -0.4 is 0 Å². The molecule has 20 heavy (non-hydrogen) atoms. The van der Waals surface area contributed by atoms with Gasteiger partial charge in [0.05, 0.1) is 6.42 Å². The molecule has 1 amide bonds. The summed E-state index contributed by atoms with van der Waals surface area (Å²) in [6.45, 7) is 0.488. The van der Waals surface area contributed by atoms with Gasteiger partial charge >= 0.3 is 0 Å². The highest BCUT2D eigenvalue weighted by Crippen LogP contribution is 2.26. The van der Waals surface area contributed by atoms with Crippen molar-refractivity contribution in [3.8, 4) is 0 Å². The quantitative estimate of drug-likeness (QED) is 0.870. The smallest absolute Gasteiger partial charge is 0.227 e. The zero-order chi connectivity index (χ0) is 14.5. The first-order valence-corrected chi connectivity index (χ1v) is 6.96. The summed E-state index contributed by atoms with van der Waals surface area (Å²) in [5.74, 6) is -2.08. The summed E-state index contributed by atoms with van der Waals surface area (Å²) in [6.07, 6.45) is 3.35. The van der Waals surface area contributed by atoms with E-state index in [4.69, 9.17) is 5.11 Å². The average molecular weight is 283 g/mol. The molecule has 5 heteroatoms. The number of carbonyl (C=O) groups is 1. The number of rotatable bonds is 6. The Labute approximate surface area is 117 Å². The SMILES string of the molecule is O=C(Cc1cccc(F)c1F)N(CCCO)C1CCC1. The van der Waals surface area contributed by atoms with Crippen molar-refractivity contribution in [3.05, 3.63) is 35.4 Å². The minimum Gasteiger partial charge on any atom is -0.396 e. The number of amides is 1. The lowest BCUT2D eigenvalue weighted by Crippen LogP contribution is -2.45. The summed E-state index contributed by atoms with van der Waals surface area (Å²) in [5, 5.41) is 8.89. The van der Waals surface area contributed by atoms with Gasteiger partial charge in [0.25, 0.3) is 0 Å². The molecule has 110 valence electrons. The van der Waals surface area contributed by atoms with E-state index in [0.29, 0.717) is 13.0 Å². The van der Waals surface area contributed by atoms with Crippen molar-refractivity contribution in [2.75, 3.05) is 13.2 Å². The molecule has 0 unspecified atom stereocenters. The van der Waals surface area contributed by atoms with Gasteiger partial charge in [0, 0.05) is 24.8 Å². The molecule has 1 aromatic carbocycles. The van der Waals surface area contributed by atoms with E-state index in [-0.39, 0.29) is 30.5 Å². The largest absolute Gasteiger partial charge is 0.396 e. The van der Waals surface area contributed by atoms with Gasteiger partial charge in [0.15, 0.2) is 11.6 Å². The van der Waals surface area contributed by atoms with Gasteiger partial charge < -0.3 is 10.0 Å². The molecule has 0 radical (unpaired) electrons. The maximum Gasteiger partial charge on any atom is 0.227 e. The van der Waals surface area contributed by atoms with Crippen LogP contribution in [-0.4, -0.2) is 35.1 Å². The molecule has 0 atom stereocenters. The van der Waals surface area contributed by atoms with E-state index < -0.39 is 11.6 Å². The Balaban J connectivity index is 2.05. The summed E-state index contributed by atoms with van der Waals surface area (Å²) in [4.78, 5) is 14.0. The molecule has 1 aromatic rings. The lowest BCUT2D eigenvalue weighted by atomic mass is 9.91. The number of benzene rings is 1. The maximum atomic E-state index is 13.6. The van der Waals surface area contributed by atoms with Crippen molar-refractivity contribution in [1.82, 2.24) is 4.90 Å². The predicted octanol–water partition coefficient (Wildman–Crippen LogP) is 2.27. The number of hydrogen-bond acceptors (Lipinski definition) is 2. The van der Waals surface area contributed by atoms with E-state index in [1.54, 1.807) is 4.90 Å². The van der Waals surface area contributed by atoms with Gasteiger partial charge in [0.1, 0.15) is 0 Å². The fourth-order valence-electron chi connectivity index (χ4n) is 2.40. The van der Waals surface area contributed by atoms with Crippen LogP contribution in [-0.2, 0) is 11.2 Å². The fraction of sp³-hybridized carbons (Fsp3) is 0.533.